The van der Waals surface area contributed by atoms with Crippen molar-refractivity contribution in [1.82, 2.24) is 5.32 Å². The molecule has 0 aromatic heterocycles. The number of methoxy groups -OCH3 is 1. The maximum Gasteiger partial charge on any atom is 0.323 e. The van der Waals surface area contributed by atoms with Crippen molar-refractivity contribution >= 4 is 30.1 Å². The normalized spacial score (nSPS) is 34.9. The molecule has 19 heavy (non-hydrogen) atoms. The van der Waals surface area contributed by atoms with Gasteiger partial charge in [0.05, 0.1) is 12.0 Å². The predicted molar refractivity (Wildman–Crippen MR) is 82.8 cm³/mol. The molecule has 112 valence electrons. The topological polar surface area (TPSA) is 38.3 Å². The van der Waals surface area contributed by atoms with E-state index in [1.807, 2.05) is 11.8 Å². The summed E-state index contributed by atoms with van der Waals surface area (Å²) in [5.41, 5.74) is 0.409. The van der Waals surface area contributed by atoms with Crippen LogP contribution in [0.3, 0.4) is 0 Å². The molecule has 2 rings (SSSR count). The van der Waals surface area contributed by atoms with E-state index >= 15 is 0 Å². The van der Waals surface area contributed by atoms with E-state index in [9.17, 15) is 4.79 Å². The molecular formula is C14H26ClNO2S. The van der Waals surface area contributed by atoms with Gasteiger partial charge in [-0.1, -0.05) is 20.8 Å². The first kappa shape index (κ1) is 17.1. The molecule has 2 fully saturated rings. The summed E-state index contributed by atoms with van der Waals surface area (Å²) in [6.07, 6.45) is 4.87. The summed E-state index contributed by atoms with van der Waals surface area (Å²) in [4.78, 5) is 11.7. The SMILES string of the molecule is COC(=O)[C@@H]1CSC2(CCC(C(C)(C)C)CC2)N1.Cl. The molecule has 0 radical (unpaired) electrons. The standard InChI is InChI=1S/C14H25NO2S.ClH/c1-13(2,3)10-5-7-14(8-6-10)15-11(9-18-14)12(16)17-4;/h10-11,15H,5-9H2,1-4H3;1H/t10?,11-,14?;/m0./s1. The third-order valence-electron chi connectivity index (χ3n) is 4.47. The molecule has 0 unspecified atom stereocenters. The van der Waals surface area contributed by atoms with Crippen molar-refractivity contribution in [2.24, 2.45) is 11.3 Å². The lowest BCUT2D eigenvalue weighted by Crippen LogP contribution is -2.48. The Balaban J connectivity index is 0.00000180. The Kier molecular flexibility index (Phi) is 5.61. The summed E-state index contributed by atoms with van der Waals surface area (Å²) in [6, 6.07) is -0.105. The molecule has 1 aliphatic heterocycles. The molecule has 0 aromatic carbocycles. The number of esters is 1. The molecule has 1 heterocycles. The van der Waals surface area contributed by atoms with Crippen molar-refractivity contribution in [2.75, 3.05) is 12.9 Å². The third-order valence-corrected chi connectivity index (χ3v) is 6.05. The molecule has 3 nitrogen and oxygen atoms in total. The highest BCUT2D eigenvalue weighted by Crippen LogP contribution is 2.48. The van der Waals surface area contributed by atoms with Gasteiger partial charge in [0.15, 0.2) is 0 Å². The number of thioether (sulfide) groups is 1. The number of ether oxygens (including phenoxy) is 1. The molecule has 0 amide bonds. The molecule has 0 bridgehead atoms. The summed E-state index contributed by atoms with van der Waals surface area (Å²) in [6.45, 7) is 7.01. The maximum atomic E-state index is 11.6. The molecule has 2 aliphatic rings. The fourth-order valence-corrected chi connectivity index (χ4v) is 4.61. The van der Waals surface area contributed by atoms with E-state index in [0.29, 0.717) is 5.41 Å². The molecule has 1 N–H and O–H groups in total. The van der Waals surface area contributed by atoms with Crippen LogP contribution in [0.5, 0.6) is 0 Å². The molecule has 1 atom stereocenters. The quantitative estimate of drug-likeness (QED) is 0.755. The largest absolute Gasteiger partial charge is 0.468 e. The minimum atomic E-state index is -0.114. The first-order chi connectivity index (χ1) is 8.36. The van der Waals surface area contributed by atoms with E-state index in [0.717, 1.165) is 11.7 Å². The number of nitrogens with one attached hydrogen (secondary N) is 1. The number of halogens is 1. The fourth-order valence-electron chi connectivity index (χ4n) is 3.15. The van der Waals surface area contributed by atoms with E-state index < -0.39 is 0 Å². The number of hydrogen-bond donors (Lipinski definition) is 1. The van der Waals surface area contributed by atoms with Crippen molar-refractivity contribution in [3.05, 3.63) is 0 Å². The van der Waals surface area contributed by atoms with E-state index in [1.54, 1.807) is 0 Å². The monoisotopic (exact) mass is 307 g/mol. The summed E-state index contributed by atoms with van der Waals surface area (Å²) in [5, 5.41) is 3.52. The van der Waals surface area contributed by atoms with Crippen LogP contribution in [-0.4, -0.2) is 29.7 Å². The van der Waals surface area contributed by atoms with Crippen LogP contribution in [-0.2, 0) is 9.53 Å². The average Bonchev–Trinajstić information content (AvgIpc) is 2.72. The lowest BCUT2D eigenvalue weighted by Gasteiger charge is -2.42. The molecule has 1 saturated carbocycles. The molecule has 1 saturated heterocycles. The van der Waals surface area contributed by atoms with Gasteiger partial charge in [0.25, 0.3) is 0 Å². The smallest absolute Gasteiger partial charge is 0.323 e. The maximum absolute atomic E-state index is 11.6. The van der Waals surface area contributed by atoms with Crippen molar-refractivity contribution in [3.8, 4) is 0 Å². The molecule has 1 spiro atoms. The van der Waals surface area contributed by atoms with Gasteiger partial charge in [-0.2, -0.15) is 0 Å². The van der Waals surface area contributed by atoms with Gasteiger partial charge in [-0.3, -0.25) is 10.1 Å². The van der Waals surface area contributed by atoms with Gasteiger partial charge in [0, 0.05) is 5.75 Å². The average molecular weight is 308 g/mol. The van der Waals surface area contributed by atoms with Crippen LogP contribution in [0, 0.1) is 11.3 Å². The van der Waals surface area contributed by atoms with E-state index in [-0.39, 0.29) is 29.3 Å². The van der Waals surface area contributed by atoms with Gasteiger partial charge in [0.1, 0.15) is 6.04 Å². The predicted octanol–water partition coefficient (Wildman–Crippen LogP) is 3.22. The lowest BCUT2D eigenvalue weighted by atomic mass is 9.71. The Hall–Kier alpha value is 0.0700. The minimum Gasteiger partial charge on any atom is -0.468 e. The number of carbonyl (C=O) groups excluding carboxylic acids is 1. The molecular weight excluding hydrogens is 282 g/mol. The second-order valence-corrected chi connectivity index (χ2v) is 8.07. The second-order valence-electron chi connectivity index (χ2n) is 6.67. The van der Waals surface area contributed by atoms with Gasteiger partial charge in [-0.25, -0.2) is 0 Å². The Morgan fingerprint density at radius 3 is 2.37 bits per heavy atom. The van der Waals surface area contributed by atoms with Gasteiger partial charge < -0.3 is 4.74 Å². The van der Waals surface area contributed by atoms with Crippen LogP contribution in [0.2, 0.25) is 0 Å². The van der Waals surface area contributed by atoms with Crippen LogP contribution >= 0.6 is 24.2 Å². The Morgan fingerprint density at radius 1 is 1.32 bits per heavy atom. The lowest BCUT2D eigenvalue weighted by molar-refractivity contribution is -0.142. The highest BCUT2D eigenvalue weighted by molar-refractivity contribution is 8.00. The molecule has 5 heteroatoms. The zero-order valence-corrected chi connectivity index (χ0v) is 14.0. The Morgan fingerprint density at radius 2 is 1.89 bits per heavy atom. The van der Waals surface area contributed by atoms with Crippen LogP contribution in [0.4, 0.5) is 0 Å². The number of rotatable bonds is 1. The van der Waals surface area contributed by atoms with Crippen molar-refractivity contribution in [1.29, 1.82) is 0 Å². The zero-order valence-electron chi connectivity index (χ0n) is 12.3. The highest BCUT2D eigenvalue weighted by Gasteiger charge is 2.45. The zero-order chi connectivity index (χ0) is 13.4. The summed E-state index contributed by atoms with van der Waals surface area (Å²) < 4.78 is 4.83. The van der Waals surface area contributed by atoms with Crippen molar-refractivity contribution in [3.63, 3.8) is 0 Å². The van der Waals surface area contributed by atoms with Crippen LogP contribution in [0.1, 0.15) is 46.5 Å². The highest BCUT2D eigenvalue weighted by atomic mass is 35.5. The van der Waals surface area contributed by atoms with Gasteiger partial charge >= 0.3 is 5.97 Å². The van der Waals surface area contributed by atoms with Crippen molar-refractivity contribution < 1.29 is 9.53 Å². The number of carbonyl (C=O) groups is 1. The fraction of sp³-hybridized carbons (Fsp3) is 0.929. The second kappa shape index (κ2) is 6.23. The van der Waals surface area contributed by atoms with Crippen LogP contribution in [0.25, 0.3) is 0 Å². The number of hydrogen-bond acceptors (Lipinski definition) is 4. The van der Waals surface area contributed by atoms with Crippen molar-refractivity contribution in [2.45, 2.75) is 57.4 Å². The van der Waals surface area contributed by atoms with Crippen LogP contribution in [0.15, 0.2) is 0 Å². The summed E-state index contributed by atoms with van der Waals surface area (Å²) in [5.74, 6) is 1.55. The summed E-state index contributed by atoms with van der Waals surface area (Å²) in [7, 11) is 1.47. The summed E-state index contributed by atoms with van der Waals surface area (Å²) >= 11 is 1.92. The Bertz CT molecular complexity index is 322. The Labute approximate surface area is 127 Å². The first-order valence-corrected chi connectivity index (χ1v) is 7.84. The van der Waals surface area contributed by atoms with Gasteiger partial charge in [0.2, 0.25) is 0 Å². The van der Waals surface area contributed by atoms with E-state index in [1.165, 1.54) is 32.8 Å². The van der Waals surface area contributed by atoms with E-state index in [2.05, 4.69) is 26.1 Å². The van der Waals surface area contributed by atoms with Gasteiger partial charge in [-0.05, 0) is 37.0 Å². The van der Waals surface area contributed by atoms with Crippen LogP contribution < -0.4 is 5.32 Å². The van der Waals surface area contributed by atoms with Gasteiger partial charge in [-0.15, -0.1) is 24.2 Å². The molecule has 0 aromatic rings. The third kappa shape index (κ3) is 3.79. The van der Waals surface area contributed by atoms with E-state index in [4.69, 9.17) is 4.74 Å². The first-order valence-electron chi connectivity index (χ1n) is 6.86. The minimum absolute atomic E-state index is 0. The molecule has 1 aliphatic carbocycles.